The highest BCUT2D eigenvalue weighted by molar-refractivity contribution is 6.14. The highest BCUT2D eigenvalue weighted by Crippen LogP contribution is 2.46. The lowest BCUT2D eigenvalue weighted by atomic mass is 10.0. The summed E-state index contributed by atoms with van der Waals surface area (Å²) in [6.45, 7) is 0. The molecule has 0 saturated heterocycles. The van der Waals surface area contributed by atoms with Crippen molar-refractivity contribution >= 4 is 43.6 Å². The molecule has 3 aromatic heterocycles. The Bertz CT molecular complexity index is 3970. The molecule has 0 aliphatic rings. The molecule has 72 heavy (non-hydrogen) atoms. The summed E-state index contributed by atoms with van der Waals surface area (Å²) in [6, 6.07) is 83.9. The molecule has 0 spiro atoms. The van der Waals surface area contributed by atoms with Crippen molar-refractivity contribution in [1.82, 2.24) is 14.1 Å². The van der Waals surface area contributed by atoms with Gasteiger partial charge in [-0.2, -0.15) is 13.2 Å². The maximum Gasteiger partial charge on any atom is 0.418 e. The Labute approximate surface area is 414 Å². The highest BCUT2D eigenvalue weighted by Gasteiger charge is 2.37. The third-order valence-corrected chi connectivity index (χ3v) is 14.0. The third kappa shape index (κ3) is 7.44. The highest BCUT2D eigenvalue weighted by atomic mass is 19.4. The molecular weight excluding hydrogens is 892 g/mol. The van der Waals surface area contributed by atoms with Crippen LogP contribution in [0.1, 0.15) is 5.56 Å². The van der Waals surface area contributed by atoms with Crippen molar-refractivity contribution in [3.63, 3.8) is 0 Å². The summed E-state index contributed by atoms with van der Waals surface area (Å²) >= 11 is 0. The SMILES string of the molecule is FC(F)(F)c1cc(-n2c3ccc(-c4ccccc4)cc3c3cc(-c4ccccc4)ccc32)c(-c2cccc(-c3ccccc3)n2)cc1-n1c2ccc(-c3ccccc3)cc2c2cc(-c3ccccc3)ccc21. The molecule has 0 fully saturated rings. The van der Waals surface area contributed by atoms with Crippen LogP contribution in [0.5, 0.6) is 0 Å². The lowest BCUT2D eigenvalue weighted by Gasteiger charge is -2.22. The van der Waals surface area contributed by atoms with E-state index in [9.17, 15) is 0 Å². The summed E-state index contributed by atoms with van der Waals surface area (Å²) in [4.78, 5) is 5.28. The van der Waals surface area contributed by atoms with Gasteiger partial charge in [-0.25, -0.2) is 4.98 Å². The quantitative estimate of drug-likeness (QED) is 0.149. The van der Waals surface area contributed by atoms with Crippen molar-refractivity contribution in [3.8, 4) is 78.4 Å². The molecule has 13 rings (SSSR count). The molecule has 3 heterocycles. The van der Waals surface area contributed by atoms with Gasteiger partial charge in [-0.3, -0.25) is 0 Å². The third-order valence-electron chi connectivity index (χ3n) is 14.0. The van der Waals surface area contributed by atoms with Gasteiger partial charge in [0.15, 0.2) is 0 Å². The summed E-state index contributed by atoms with van der Waals surface area (Å²) in [5.41, 5.74) is 13.2. The lowest BCUT2D eigenvalue weighted by molar-refractivity contribution is -0.137. The molecule has 0 radical (unpaired) electrons. The maximum absolute atomic E-state index is 16.5. The van der Waals surface area contributed by atoms with Gasteiger partial charge in [0.25, 0.3) is 0 Å². The molecule has 6 heteroatoms. The van der Waals surface area contributed by atoms with E-state index in [1.807, 2.05) is 162 Å². The smallest absolute Gasteiger partial charge is 0.309 e. The van der Waals surface area contributed by atoms with Crippen molar-refractivity contribution in [2.24, 2.45) is 0 Å². The number of rotatable bonds is 8. The zero-order valence-electron chi connectivity index (χ0n) is 38.7. The molecule has 13 aromatic rings. The summed E-state index contributed by atoms with van der Waals surface area (Å²) in [5.74, 6) is 0. The van der Waals surface area contributed by atoms with Crippen LogP contribution >= 0.6 is 0 Å². The van der Waals surface area contributed by atoms with Crippen LogP contribution in [0, 0.1) is 0 Å². The van der Waals surface area contributed by atoms with Crippen LogP contribution in [-0.2, 0) is 6.18 Å². The van der Waals surface area contributed by atoms with Crippen LogP contribution in [0.15, 0.2) is 255 Å². The number of pyridine rings is 1. The van der Waals surface area contributed by atoms with Crippen molar-refractivity contribution in [3.05, 3.63) is 260 Å². The molecule has 0 amide bonds. The van der Waals surface area contributed by atoms with Gasteiger partial charge >= 0.3 is 6.18 Å². The van der Waals surface area contributed by atoms with E-state index in [-0.39, 0.29) is 5.69 Å². The minimum atomic E-state index is -4.78. The van der Waals surface area contributed by atoms with Crippen LogP contribution in [-0.4, -0.2) is 14.1 Å². The van der Waals surface area contributed by atoms with E-state index in [4.69, 9.17) is 4.98 Å². The number of halogens is 3. The van der Waals surface area contributed by atoms with Gasteiger partial charge in [-0.1, -0.05) is 182 Å². The van der Waals surface area contributed by atoms with Crippen molar-refractivity contribution in [2.45, 2.75) is 6.18 Å². The number of hydrogen-bond acceptors (Lipinski definition) is 1. The largest absolute Gasteiger partial charge is 0.418 e. The Balaban J connectivity index is 1.13. The molecular formula is C66H42F3N3. The van der Waals surface area contributed by atoms with E-state index in [0.29, 0.717) is 33.7 Å². The van der Waals surface area contributed by atoms with Crippen LogP contribution < -0.4 is 0 Å². The maximum atomic E-state index is 16.5. The average molecular weight is 934 g/mol. The second kappa shape index (κ2) is 17.3. The van der Waals surface area contributed by atoms with E-state index in [2.05, 4.69) is 84.9 Å². The second-order valence-corrected chi connectivity index (χ2v) is 18.2. The Hall–Kier alpha value is -9.26. The molecule has 0 bridgehead atoms. The van der Waals surface area contributed by atoms with Gasteiger partial charge in [0, 0.05) is 32.7 Å². The van der Waals surface area contributed by atoms with Crippen LogP contribution in [0.25, 0.3) is 122 Å². The van der Waals surface area contributed by atoms with E-state index in [1.165, 1.54) is 6.07 Å². The first-order valence-corrected chi connectivity index (χ1v) is 24.0. The van der Waals surface area contributed by atoms with Gasteiger partial charge in [-0.05, 0) is 117 Å². The fourth-order valence-corrected chi connectivity index (χ4v) is 10.5. The van der Waals surface area contributed by atoms with E-state index in [1.54, 1.807) is 10.6 Å². The van der Waals surface area contributed by atoms with Crippen molar-refractivity contribution < 1.29 is 13.2 Å². The fourth-order valence-electron chi connectivity index (χ4n) is 10.5. The summed E-state index contributed by atoms with van der Waals surface area (Å²) in [5, 5.41) is 3.53. The van der Waals surface area contributed by atoms with Crippen LogP contribution in [0.3, 0.4) is 0 Å². The van der Waals surface area contributed by atoms with E-state index in [0.717, 1.165) is 82.6 Å². The minimum absolute atomic E-state index is 0.00609. The summed E-state index contributed by atoms with van der Waals surface area (Å²) < 4.78 is 53.4. The molecule has 10 aromatic carbocycles. The summed E-state index contributed by atoms with van der Waals surface area (Å²) in [7, 11) is 0. The number of fused-ring (bicyclic) bond motifs is 6. The zero-order valence-corrected chi connectivity index (χ0v) is 38.7. The average Bonchev–Trinajstić information content (AvgIpc) is 3.94. The molecule has 3 nitrogen and oxygen atoms in total. The molecule has 0 aliphatic carbocycles. The summed E-state index contributed by atoms with van der Waals surface area (Å²) in [6.07, 6.45) is -4.78. The molecule has 0 atom stereocenters. The minimum Gasteiger partial charge on any atom is -0.309 e. The topological polar surface area (TPSA) is 22.8 Å². The lowest BCUT2D eigenvalue weighted by Crippen LogP contribution is -2.13. The second-order valence-electron chi connectivity index (χ2n) is 18.2. The monoisotopic (exact) mass is 933 g/mol. The molecule has 342 valence electrons. The van der Waals surface area contributed by atoms with Gasteiger partial charge in [0.2, 0.25) is 0 Å². The zero-order chi connectivity index (χ0) is 48.3. The normalized spacial score (nSPS) is 11.8. The van der Waals surface area contributed by atoms with Gasteiger partial charge in [0.1, 0.15) is 0 Å². The first-order chi connectivity index (χ1) is 35.3. The fraction of sp³-hybridized carbons (Fsp3) is 0.0152. The van der Waals surface area contributed by atoms with E-state index >= 15 is 13.2 Å². The van der Waals surface area contributed by atoms with Gasteiger partial charge in [-0.15, -0.1) is 0 Å². The van der Waals surface area contributed by atoms with Gasteiger partial charge in [0.05, 0.1) is 50.4 Å². The van der Waals surface area contributed by atoms with Crippen molar-refractivity contribution in [2.75, 3.05) is 0 Å². The molecule has 0 saturated carbocycles. The first-order valence-electron chi connectivity index (χ1n) is 24.0. The Kier molecular flexibility index (Phi) is 10.3. The van der Waals surface area contributed by atoms with Crippen LogP contribution in [0.2, 0.25) is 0 Å². The number of aromatic nitrogens is 3. The van der Waals surface area contributed by atoms with Crippen molar-refractivity contribution in [1.29, 1.82) is 0 Å². The molecule has 0 aliphatic heterocycles. The van der Waals surface area contributed by atoms with Gasteiger partial charge < -0.3 is 9.13 Å². The molecule has 0 unspecified atom stereocenters. The Morgan fingerprint density at radius 1 is 0.278 bits per heavy atom. The van der Waals surface area contributed by atoms with E-state index < -0.39 is 11.7 Å². The first kappa shape index (κ1) is 42.8. The predicted octanol–water partition coefficient (Wildman–Crippen LogP) is 18.3. The molecule has 0 N–H and O–H groups in total. The number of alkyl halides is 3. The number of benzene rings is 10. The Morgan fingerprint density at radius 3 is 0.972 bits per heavy atom. The standard InChI is InChI=1S/C66H42F3N3/c67-66(68,69)57-42-64(71-60-33-29-48(43-17-6-1-7-18-43)37-52(60)53-38-49(30-34-61(53)71)44-19-8-2-9-20-44)56(59-28-16-27-58(70-59)47-25-14-5-15-26-47)41-65(57)72-62-35-31-50(45-21-10-3-11-22-45)39-54(62)55-40-51(32-36-63(55)72)46-23-12-4-13-24-46/h1-42H. The number of nitrogens with zero attached hydrogens (tertiary/aromatic N) is 3. The number of hydrogen-bond donors (Lipinski definition) is 0. The van der Waals surface area contributed by atoms with Crippen LogP contribution in [0.4, 0.5) is 13.2 Å². The Morgan fingerprint density at radius 2 is 0.611 bits per heavy atom. The predicted molar refractivity (Wildman–Crippen MR) is 291 cm³/mol.